The van der Waals surface area contributed by atoms with Crippen molar-refractivity contribution in [1.29, 1.82) is 0 Å². The van der Waals surface area contributed by atoms with Crippen LogP contribution in [0.25, 0.3) is 0 Å². The Kier molecular flexibility index (Phi) is 6.03. The Balaban J connectivity index is 1.41. The summed E-state index contributed by atoms with van der Waals surface area (Å²) in [5.41, 5.74) is 3.19. The Morgan fingerprint density at radius 3 is 2.55 bits per heavy atom. The lowest BCUT2D eigenvalue weighted by Gasteiger charge is -2.33. The van der Waals surface area contributed by atoms with Gasteiger partial charge < -0.3 is 4.90 Å². The highest BCUT2D eigenvalue weighted by Gasteiger charge is 2.30. The number of thiazole rings is 1. The summed E-state index contributed by atoms with van der Waals surface area (Å²) in [6.45, 7) is 3.71. The molecule has 0 spiro atoms. The van der Waals surface area contributed by atoms with E-state index in [1.807, 2.05) is 11.4 Å². The molecule has 2 heterocycles. The van der Waals surface area contributed by atoms with Crippen LogP contribution in [0, 0.1) is 17.0 Å². The highest BCUT2D eigenvalue weighted by Crippen LogP contribution is 2.26. The molecule has 162 valence electrons. The Morgan fingerprint density at radius 2 is 1.84 bits per heavy atom. The van der Waals surface area contributed by atoms with Crippen LogP contribution in [0.4, 0.5) is 10.8 Å². The smallest absolute Gasteiger partial charge is 0.270 e. The molecule has 8 nitrogen and oxygen atoms in total. The Morgan fingerprint density at radius 1 is 1.10 bits per heavy atom. The average Bonchev–Trinajstić information content (AvgIpc) is 3.22. The van der Waals surface area contributed by atoms with Crippen LogP contribution in [-0.2, 0) is 16.4 Å². The van der Waals surface area contributed by atoms with Gasteiger partial charge >= 0.3 is 0 Å². The predicted octanol–water partition coefficient (Wildman–Crippen LogP) is 3.46. The predicted molar refractivity (Wildman–Crippen MR) is 120 cm³/mol. The molecule has 0 aliphatic carbocycles. The molecule has 1 aromatic heterocycles. The number of hydrogen-bond acceptors (Lipinski definition) is 7. The maximum atomic E-state index is 12.9. The lowest BCUT2D eigenvalue weighted by Crippen LogP contribution is -2.48. The van der Waals surface area contributed by atoms with Crippen molar-refractivity contribution in [2.45, 2.75) is 18.2 Å². The fourth-order valence-corrected chi connectivity index (χ4v) is 5.92. The molecular weight excluding hydrogens is 436 g/mol. The van der Waals surface area contributed by atoms with Gasteiger partial charge in [-0.05, 0) is 18.6 Å². The number of anilines is 1. The number of nitro benzene ring substituents is 1. The molecule has 1 aliphatic heterocycles. The minimum atomic E-state index is -3.78. The first-order chi connectivity index (χ1) is 14.8. The van der Waals surface area contributed by atoms with Crippen LogP contribution >= 0.6 is 11.3 Å². The number of non-ortho nitro benzene ring substituents is 1. The second-order valence-corrected chi connectivity index (χ2v) is 10.2. The molecule has 1 aliphatic rings. The Hall–Kier alpha value is -2.82. The Labute approximate surface area is 185 Å². The third-order valence-electron chi connectivity index (χ3n) is 5.18. The molecule has 0 unspecified atom stereocenters. The number of benzene rings is 2. The SMILES string of the molecule is Cc1cccc(Cc2csc(N3CCN(S(=O)(=O)c4cccc([N+](=O)[O-])c4)CC3)n2)c1. The molecule has 0 radical (unpaired) electrons. The number of hydrogen-bond donors (Lipinski definition) is 0. The van der Waals surface area contributed by atoms with Crippen LogP contribution in [0.5, 0.6) is 0 Å². The number of nitrogens with zero attached hydrogens (tertiary/aromatic N) is 4. The lowest BCUT2D eigenvalue weighted by molar-refractivity contribution is -0.385. The van der Waals surface area contributed by atoms with Crippen molar-refractivity contribution < 1.29 is 13.3 Å². The summed E-state index contributed by atoms with van der Waals surface area (Å²) in [5.74, 6) is 0. The minimum Gasteiger partial charge on any atom is -0.345 e. The Bertz CT molecular complexity index is 1200. The normalized spacial score (nSPS) is 15.2. The fraction of sp³-hybridized carbons (Fsp3) is 0.286. The van der Waals surface area contributed by atoms with Crippen molar-refractivity contribution in [2.75, 3.05) is 31.1 Å². The number of aryl methyl sites for hydroxylation is 1. The van der Waals surface area contributed by atoms with Crippen molar-refractivity contribution in [1.82, 2.24) is 9.29 Å². The zero-order valence-corrected chi connectivity index (χ0v) is 18.6. The monoisotopic (exact) mass is 458 g/mol. The molecule has 0 N–H and O–H groups in total. The van der Waals surface area contributed by atoms with Crippen LogP contribution < -0.4 is 4.90 Å². The maximum absolute atomic E-state index is 12.9. The highest BCUT2D eigenvalue weighted by molar-refractivity contribution is 7.89. The van der Waals surface area contributed by atoms with Gasteiger partial charge in [-0.3, -0.25) is 10.1 Å². The summed E-state index contributed by atoms with van der Waals surface area (Å²) in [7, 11) is -3.78. The van der Waals surface area contributed by atoms with Crippen molar-refractivity contribution in [2.24, 2.45) is 0 Å². The first-order valence-electron chi connectivity index (χ1n) is 9.82. The van der Waals surface area contributed by atoms with Crippen LogP contribution in [0.2, 0.25) is 0 Å². The number of nitro groups is 1. The molecule has 1 saturated heterocycles. The molecule has 0 bridgehead atoms. The van der Waals surface area contributed by atoms with E-state index in [9.17, 15) is 18.5 Å². The standard InChI is InChI=1S/C21H22N4O4S2/c1-16-4-2-5-17(12-16)13-18-15-30-21(22-18)23-8-10-24(11-9-23)31(28,29)20-7-3-6-19(14-20)25(26)27/h2-7,12,14-15H,8-11,13H2,1H3. The van der Waals surface area contributed by atoms with Gasteiger partial charge in [0.15, 0.2) is 5.13 Å². The van der Waals surface area contributed by atoms with Gasteiger partial charge in [0.1, 0.15) is 0 Å². The second kappa shape index (κ2) is 8.74. The third kappa shape index (κ3) is 4.76. The molecular formula is C21H22N4O4S2. The maximum Gasteiger partial charge on any atom is 0.270 e. The molecule has 3 aromatic rings. The molecule has 0 amide bonds. The number of aromatic nitrogens is 1. The summed E-state index contributed by atoms with van der Waals surface area (Å²) < 4.78 is 27.2. The van der Waals surface area contributed by atoms with E-state index in [2.05, 4.69) is 30.0 Å². The number of sulfonamides is 1. The lowest BCUT2D eigenvalue weighted by atomic mass is 10.1. The van der Waals surface area contributed by atoms with E-state index >= 15 is 0 Å². The van der Waals surface area contributed by atoms with Crippen molar-refractivity contribution in [3.8, 4) is 0 Å². The molecule has 31 heavy (non-hydrogen) atoms. The van der Waals surface area contributed by atoms with Gasteiger partial charge in [0, 0.05) is 50.1 Å². The van der Waals surface area contributed by atoms with E-state index < -0.39 is 14.9 Å². The summed E-state index contributed by atoms with van der Waals surface area (Å²) in [6.07, 6.45) is 0.763. The number of piperazine rings is 1. The van der Waals surface area contributed by atoms with Gasteiger partial charge in [-0.2, -0.15) is 4.31 Å². The summed E-state index contributed by atoms with van der Waals surface area (Å²) in [6, 6.07) is 13.5. The largest absolute Gasteiger partial charge is 0.345 e. The molecule has 0 atom stereocenters. The van der Waals surface area contributed by atoms with Crippen LogP contribution in [0.1, 0.15) is 16.8 Å². The molecule has 0 saturated carbocycles. The van der Waals surface area contributed by atoms with E-state index in [0.717, 1.165) is 23.3 Å². The van der Waals surface area contributed by atoms with Crippen molar-refractivity contribution in [3.05, 3.63) is 80.8 Å². The van der Waals surface area contributed by atoms with Gasteiger partial charge in [0.25, 0.3) is 5.69 Å². The minimum absolute atomic E-state index is 0.0511. The third-order valence-corrected chi connectivity index (χ3v) is 8.03. The van der Waals surface area contributed by atoms with Crippen LogP contribution in [-0.4, -0.2) is 48.8 Å². The summed E-state index contributed by atoms with van der Waals surface area (Å²) in [5, 5.41) is 13.9. The van der Waals surface area contributed by atoms with E-state index in [-0.39, 0.29) is 10.6 Å². The molecule has 10 heteroatoms. The number of rotatable bonds is 6. The highest BCUT2D eigenvalue weighted by atomic mass is 32.2. The van der Waals surface area contributed by atoms with E-state index in [1.54, 1.807) is 11.3 Å². The second-order valence-electron chi connectivity index (χ2n) is 7.43. The van der Waals surface area contributed by atoms with Crippen LogP contribution in [0.15, 0.2) is 58.8 Å². The van der Waals surface area contributed by atoms with Gasteiger partial charge in [-0.25, -0.2) is 13.4 Å². The van der Waals surface area contributed by atoms with E-state index in [4.69, 9.17) is 4.98 Å². The fourth-order valence-electron chi connectivity index (χ4n) is 3.58. The summed E-state index contributed by atoms with van der Waals surface area (Å²) in [4.78, 5) is 17.2. The van der Waals surface area contributed by atoms with E-state index in [1.165, 1.54) is 33.6 Å². The van der Waals surface area contributed by atoms with Crippen molar-refractivity contribution >= 4 is 32.2 Å². The van der Waals surface area contributed by atoms with Gasteiger partial charge in [0.2, 0.25) is 10.0 Å². The van der Waals surface area contributed by atoms with Crippen molar-refractivity contribution in [3.63, 3.8) is 0 Å². The van der Waals surface area contributed by atoms with Gasteiger partial charge in [-0.15, -0.1) is 11.3 Å². The quantitative estimate of drug-likeness (QED) is 0.415. The zero-order chi connectivity index (χ0) is 22.0. The molecule has 2 aromatic carbocycles. The molecule has 4 rings (SSSR count). The first-order valence-corrected chi connectivity index (χ1v) is 12.1. The van der Waals surface area contributed by atoms with Gasteiger partial charge in [-0.1, -0.05) is 35.9 Å². The van der Waals surface area contributed by atoms with E-state index in [0.29, 0.717) is 26.2 Å². The van der Waals surface area contributed by atoms with Gasteiger partial charge in [0.05, 0.1) is 15.5 Å². The topological polar surface area (TPSA) is 96.7 Å². The molecule has 1 fully saturated rings. The summed E-state index contributed by atoms with van der Waals surface area (Å²) >= 11 is 1.56. The zero-order valence-electron chi connectivity index (χ0n) is 17.0. The average molecular weight is 459 g/mol. The van der Waals surface area contributed by atoms with Crippen LogP contribution in [0.3, 0.4) is 0 Å². The first kappa shape index (κ1) is 21.4.